The Kier molecular flexibility index (Phi) is 4.07. The number of nitrogens with one attached hydrogen (secondary N) is 1. The van der Waals surface area contributed by atoms with Gasteiger partial charge in [0, 0.05) is 18.4 Å². The Hall–Kier alpha value is -1.28. The van der Waals surface area contributed by atoms with Crippen LogP contribution in [0.25, 0.3) is 0 Å². The highest BCUT2D eigenvalue weighted by molar-refractivity contribution is 7.99. The van der Waals surface area contributed by atoms with Gasteiger partial charge in [-0.2, -0.15) is 0 Å². The second-order valence-electron chi connectivity index (χ2n) is 4.01. The van der Waals surface area contributed by atoms with E-state index in [9.17, 15) is 9.59 Å². The minimum atomic E-state index is -1.000. The van der Waals surface area contributed by atoms with Crippen molar-refractivity contribution in [1.29, 1.82) is 0 Å². The maximum absolute atomic E-state index is 11.5. The predicted octanol–water partition coefficient (Wildman–Crippen LogP) is 0.488. The van der Waals surface area contributed by atoms with Gasteiger partial charge < -0.3 is 9.84 Å². The molecule has 1 aliphatic carbocycles. The van der Waals surface area contributed by atoms with Gasteiger partial charge in [-0.25, -0.2) is 14.7 Å². The molecule has 1 fully saturated rings. The van der Waals surface area contributed by atoms with Crippen LogP contribution in [0, 0.1) is 0 Å². The van der Waals surface area contributed by atoms with Crippen LogP contribution in [0.1, 0.15) is 25.8 Å². The van der Waals surface area contributed by atoms with Gasteiger partial charge in [0.1, 0.15) is 0 Å². The van der Waals surface area contributed by atoms with Crippen molar-refractivity contribution in [2.45, 2.75) is 37.1 Å². The van der Waals surface area contributed by atoms with Gasteiger partial charge >= 0.3 is 11.7 Å². The number of H-pyrrole nitrogens is 1. The molecule has 1 heterocycles. The van der Waals surface area contributed by atoms with Crippen molar-refractivity contribution in [1.82, 2.24) is 14.8 Å². The zero-order chi connectivity index (χ0) is 13.1. The topological polar surface area (TPSA) is 97.2 Å². The van der Waals surface area contributed by atoms with Crippen molar-refractivity contribution in [3.63, 3.8) is 0 Å². The second kappa shape index (κ2) is 5.57. The number of hydrogen-bond donors (Lipinski definition) is 2. The third-order valence-corrected chi connectivity index (χ3v) is 3.61. The molecule has 2 N–H and O–H groups in total. The molecule has 1 unspecified atom stereocenters. The number of thioether (sulfide) groups is 1. The summed E-state index contributed by atoms with van der Waals surface area (Å²) in [4.78, 5) is 22.4. The first kappa shape index (κ1) is 13.2. The minimum Gasteiger partial charge on any atom is -0.479 e. The van der Waals surface area contributed by atoms with Crippen LogP contribution in [0.2, 0.25) is 0 Å². The minimum absolute atomic E-state index is 0.217. The summed E-state index contributed by atoms with van der Waals surface area (Å²) < 4.78 is 6.69. The van der Waals surface area contributed by atoms with Gasteiger partial charge in [0.2, 0.25) is 0 Å². The van der Waals surface area contributed by atoms with Crippen molar-refractivity contribution in [2.75, 3.05) is 12.4 Å². The molecule has 0 saturated heterocycles. The fourth-order valence-electron chi connectivity index (χ4n) is 1.59. The van der Waals surface area contributed by atoms with Gasteiger partial charge in [0.15, 0.2) is 11.3 Å². The molecule has 1 saturated carbocycles. The molecule has 1 aromatic rings. The Morgan fingerprint density at radius 2 is 2.44 bits per heavy atom. The van der Waals surface area contributed by atoms with Crippen LogP contribution in [0.3, 0.4) is 0 Å². The predicted molar refractivity (Wildman–Crippen MR) is 64.9 cm³/mol. The smallest absolute Gasteiger partial charge is 0.344 e. The molecule has 0 bridgehead atoms. The molecule has 2 rings (SSSR count). The molecule has 18 heavy (non-hydrogen) atoms. The van der Waals surface area contributed by atoms with Crippen molar-refractivity contribution >= 4 is 17.7 Å². The number of hydrogen-bond acceptors (Lipinski definition) is 5. The van der Waals surface area contributed by atoms with E-state index in [2.05, 4.69) is 10.2 Å². The number of aromatic nitrogens is 3. The van der Waals surface area contributed by atoms with E-state index in [1.165, 1.54) is 11.8 Å². The first-order chi connectivity index (χ1) is 8.63. The lowest BCUT2D eigenvalue weighted by Gasteiger charge is -2.11. The van der Waals surface area contributed by atoms with E-state index in [4.69, 9.17) is 9.84 Å². The number of carboxylic acid groups (broad SMARTS) is 1. The van der Waals surface area contributed by atoms with Crippen molar-refractivity contribution in [2.24, 2.45) is 0 Å². The fraction of sp³-hybridized carbons (Fsp3) is 0.700. The van der Waals surface area contributed by atoms with E-state index in [-0.39, 0.29) is 17.5 Å². The van der Waals surface area contributed by atoms with Crippen LogP contribution in [0.4, 0.5) is 0 Å². The van der Waals surface area contributed by atoms with Gasteiger partial charge in [0.25, 0.3) is 0 Å². The van der Waals surface area contributed by atoms with Crippen LogP contribution in [0.5, 0.6) is 0 Å². The highest BCUT2D eigenvalue weighted by atomic mass is 32.2. The van der Waals surface area contributed by atoms with Crippen LogP contribution < -0.4 is 5.69 Å². The zero-order valence-corrected chi connectivity index (χ0v) is 10.8. The molecule has 0 aliphatic heterocycles. The summed E-state index contributed by atoms with van der Waals surface area (Å²) in [6.45, 7) is 2.09. The highest BCUT2D eigenvalue weighted by Crippen LogP contribution is 2.36. The zero-order valence-electron chi connectivity index (χ0n) is 9.96. The summed E-state index contributed by atoms with van der Waals surface area (Å²) in [7, 11) is 0. The molecule has 0 spiro atoms. The number of aliphatic carboxylic acids is 1. The Bertz CT molecular complexity index is 480. The molecule has 8 heteroatoms. The second-order valence-corrected chi connectivity index (χ2v) is 4.99. The average Bonchev–Trinajstić information content (AvgIpc) is 3.09. The van der Waals surface area contributed by atoms with Gasteiger partial charge in [0.05, 0.1) is 0 Å². The lowest BCUT2D eigenvalue weighted by atomic mass is 10.4. The summed E-state index contributed by atoms with van der Waals surface area (Å²) in [6.07, 6.45) is 1.07. The largest absolute Gasteiger partial charge is 0.479 e. The van der Waals surface area contributed by atoms with E-state index in [1.807, 2.05) is 0 Å². The molecular formula is C10H15N3O4S. The number of aromatic amines is 1. The number of ether oxygens (including phenoxy) is 1. The maximum atomic E-state index is 11.5. The van der Waals surface area contributed by atoms with Crippen LogP contribution >= 0.6 is 11.8 Å². The molecule has 100 valence electrons. The number of carbonyl (C=O) groups is 1. The number of carboxylic acids is 1. The van der Waals surface area contributed by atoms with Gasteiger partial charge in [-0.3, -0.25) is 4.57 Å². The molecule has 1 aliphatic rings. The maximum Gasteiger partial charge on any atom is 0.344 e. The molecule has 0 amide bonds. The normalized spacial score (nSPS) is 16.7. The van der Waals surface area contributed by atoms with Gasteiger partial charge in [-0.1, -0.05) is 11.8 Å². The molecule has 7 nitrogen and oxygen atoms in total. The lowest BCUT2D eigenvalue weighted by Crippen LogP contribution is -2.26. The molecule has 1 atom stereocenters. The van der Waals surface area contributed by atoms with E-state index < -0.39 is 12.1 Å². The molecule has 0 aromatic carbocycles. The highest BCUT2D eigenvalue weighted by Gasteiger charge is 2.29. The Balaban J connectivity index is 2.01. The first-order valence-corrected chi connectivity index (χ1v) is 6.76. The van der Waals surface area contributed by atoms with E-state index in [1.54, 1.807) is 11.5 Å². The third kappa shape index (κ3) is 2.94. The van der Waals surface area contributed by atoms with Crippen LogP contribution in [0.15, 0.2) is 9.95 Å². The molecular weight excluding hydrogens is 258 g/mol. The van der Waals surface area contributed by atoms with Crippen molar-refractivity contribution in [3.8, 4) is 0 Å². The molecule has 1 aromatic heterocycles. The Labute approximate surface area is 108 Å². The monoisotopic (exact) mass is 273 g/mol. The number of nitrogens with zero attached hydrogens (tertiary/aromatic N) is 2. The summed E-state index contributed by atoms with van der Waals surface area (Å²) >= 11 is 1.23. The van der Waals surface area contributed by atoms with Crippen molar-refractivity contribution in [3.05, 3.63) is 10.5 Å². The fourth-order valence-corrected chi connectivity index (χ4v) is 2.61. The van der Waals surface area contributed by atoms with Gasteiger partial charge in [-0.05, 0) is 19.8 Å². The van der Waals surface area contributed by atoms with Crippen LogP contribution in [-0.4, -0.2) is 44.3 Å². The number of rotatable bonds is 7. The molecule has 0 radical (unpaired) electrons. The first-order valence-electron chi connectivity index (χ1n) is 5.77. The SMILES string of the molecule is CCOC(CSc1n[nH]c(=O)n1C1CC1)C(=O)O. The van der Waals surface area contributed by atoms with Crippen LogP contribution in [-0.2, 0) is 9.53 Å². The summed E-state index contributed by atoms with van der Waals surface area (Å²) in [5, 5.41) is 15.8. The van der Waals surface area contributed by atoms with E-state index >= 15 is 0 Å². The average molecular weight is 273 g/mol. The van der Waals surface area contributed by atoms with Gasteiger partial charge in [-0.15, -0.1) is 5.10 Å². The van der Waals surface area contributed by atoms with E-state index in [0.29, 0.717) is 11.8 Å². The lowest BCUT2D eigenvalue weighted by molar-refractivity contribution is -0.148. The standard InChI is InChI=1S/C10H15N3O4S/c1-2-17-7(8(14)15)5-18-10-12-11-9(16)13(10)6-3-4-6/h6-7H,2-5H2,1H3,(H,11,16)(H,14,15). The third-order valence-electron chi connectivity index (χ3n) is 2.59. The summed E-state index contributed by atoms with van der Waals surface area (Å²) in [5.74, 6) is -0.764. The van der Waals surface area contributed by atoms with Crippen molar-refractivity contribution < 1.29 is 14.6 Å². The summed E-state index contributed by atoms with van der Waals surface area (Å²) in [6, 6.07) is 0.217. The quantitative estimate of drug-likeness (QED) is 0.702. The van der Waals surface area contributed by atoms with E-state index in [0.717, 1.165) is 12.8 Å². The Morgan fingerprint density at radius 1 is 1.72 bits per heavy atom. The Morgan fingerprint density at radius 3 is 3.00 bits per heavy atom. The summed E-state index contributed by atoms with van der Waals surface area (Å²) in [5.41, 5.74) is -0.233.